The Labute approximate surface area is 228 Å². The average Bonchev–Trinajstić information content (AvgIpc) is 3.43. The Balaban J connectivity index is 1.53. The van der Waals surface area contributed by atoms with Crippen molar-refractivity contribution < 1.29 is 17.2 Å². The lowest BCUT2D eigenvalue weighted by Crippen LogP contribution is -2.62. The van der Waals surface area contributed by atoms with Crippen LogP contribution in [0.25, 0.3) is 16.9 Å². The second-order valence-electron chi connectivity index (χ2n) is 9.18. The van der Waals surface area contributed by atoms with Crippen molar-refractivity contribution in [3.8, 4) is 16.9 Å². The second kappa shape index (κ2) is 10.2. The first-order chi connectivity index (χ1) is 18.4. The van der Waals surface area contributed by atoms with Gasteiger partial charge >= 0.3 is 5.38 Å². The molecule has 2 atom stereocenters. The summed E-state index contributed by atoms with van der Waals surface area (Å²) in [5, 5.41) is 0.523. The molecule has 4 N–H and O–H groups in total. The fourth-order valence-corrected chi connectivity index (χ4v) is 5.29. The highest BCUT2D eigenvalue weighted by Gasteiger charge is 2.41. The number of sulfone groups is 1. The van der Waals surface area contributed by atoms with E-state index < -0.39 is 34.2 Å². The van der Waals surface area contributed by atoms with Crippen molar-refractivity contribution in [2.45, 2.75) is 29.3 Å². The average molecular weight is 575 g/mol. The molecule has 0 saturated carbocycles. The number of pyridine rings is 1. The molecule has 39 heavy (non-hydrogen) atoms. The minimum Gasteiger partial charge on any atom is -0.337 e. The van der Waals surface area contributed by atoms with Crippen molar-refractivity contribution in [1.29, 1.82) is 0 Å². The summed E-state index contributed by atoms with van der Waals surface area (Å²) < 4.78 is 53.7. The van der Waals surface area contributed by atoms with Crippen molar-refractivity contribution in [1.82, 2.24) is 24.6 Å². The zero-order valence-electron chi connectivity index (χ0n) is 20.7. The van der Waals surface area contributed by atoms with E-state index in [1.54, 1.807) is 40.2 Å². The molecule has 4 aromatic rings. The number of benzene rings is 2. The van der Waals surface area contributed by atoms with Gasteiger partial charge in [-0.2, -0.15) is 13.9 Å². The van der Waals surface area contributed by atoms with Crippen LogP contribution in [-0.4, -0.2) is 57.5 Å². The highest BCUT2D eigenvalue weighted by atomic mass is 35.5. The van der Waals surface area contributed by atoms with Crippen LogP contribution in [0.3, 0.4) is 0 Å². The van der Waals surface area contributed by atoms with Gasteiger partial charge < -0.3 is 10.6 Å². The van der Waals surface area contributed by atoms with Crippen molar-refractivity contribution in [2.75, 3.05) is 17.7 Å². The third-order valence-corrected chi connectivity index (χ3v) is 7.63. The number of nitrogens with zero attached hydrogens (tertiary/aromatic N) is 6. The van der Waals surface area contributed by atoms with Gasteiger partial charge in [-0.3, -0.25) is 5.73 Å². The topological polar surface area (TPSA) is 136 Å². The predicted octanol–water partition coefficient (Wildman–Crippen LogP) is 3.09. The fraction of sp³-hybridized carbons (Fsp3) is 0.240. The molecule has 1 aliphatic rings. The minimum atomic E-state index is -3.58. The third kappa shape index (κ3) is 5.77. The number of aromatic nitrogens is 4. The largest absolute Gasteiger partial charge is 0.337 e. The first-order valence-electron chi connectivity index (χ1n) is 11.8. The van der Waals surface area contributed by atoms with E-state index in [4.69, 9.17) is 23.1 Å². The lowest BCUT2D eigenvalue weighted by molar-refractivity contribution is 0.00352. The van der Waals surface area contributed by atoms with Gasteiger partial charge in [0.15, 0.2) is 9.84 Å². The van der Waals surface area contributed by atoms with Gasteiger partial charge in [0.05, 0.1) is 34.2 Å². The van der Waals surface area contributed by atoms with Crippen molar-refractivity contribution in [3.05, 3.63) is 84.6 Å². The molecule has 0 fully saturated rings. The van der Waals surface area contributed by atoms with E-state index in [2.05, 4.69) is 15.1 Å². The third-order valence-electron chi connectivity index (χ3n) is 6.40. The molecule has 0 amide bonds. The number of rotatable bonds is 7. The van der Waals surface area contributed by atoms with Crippen molar-refractivity contribution in [3.63, 3.8) is 0 Å². The zero-order chi connectivity index (χ0) is 27.9. The fourth-order valence-electron chi connectivity index (χ4n) is 4.49. The maximum absolute atomic E-state index is 14.0. The van der Waals surface area contributed by atoms with Crippen LogP contribution in [-0.2, 0) is 16.4 Å². The number of nitrogens with two attached hydrogens (primary N) is 2. The standard InChI is InChI=1S/C25H25ClF2N8O2S/c1-39(37,38)19-4-2-3-17(11-19)20-9-10-21-22(33-20)23(29)35(13-25(26,27)28)24(30)34(21)12-16-5-7-18(8-6-16)36-15-31-14-32-36/h2-11,14-15,23-24H,12-13,29-30H2,1H3. The predicted molar refractivity (Wildman–Crippen MR) is 143 cm³/mol. The monoisotopic (exact) mass is 574 g/mol. The van der Waals surface area contributed by atoms with Crippen LogP contribution in [0.15, 0.2) is 78.2 Å². The maximum Gasteiger partial charge on any atom is 0.334 e. The van der Waals surface area contributed by atoms with Gasteiger partial charge in [0, 0.05) is 18.4 Å². The van der Waals surface area contributed by atoms with Gasteiger partial charge in [-0.25, -0.2) is 28.0 Å². The number of hydrogen-bond acceptors (Lipinski definition) is 9. The molecule has 0 radical (unpaired) electrons. The molecule has 204 valence electrons. The summed E-state index contributed by atoms with van der Waals surface area (Å²) in [6, 6.07) is 17.2. The summed E-state index contributed by atoms with van der Waals surface area (Å²) in [6.07, 6.45) is 1.99. The van der Waals surface area contributed by atoms with E-state index in [-0.39, 0.29) is 11.4 Å². The Bertz CT molecular complexity index is 1580. The summed E-state index contributed by atoms with van der Waals surface area (Å²) >= 11 is 5.29. The molecule has 2 aromatic heterocycles. The highest BCUT2D eigenvalue weighted by molar-refractivity contribution is 7.90. The van der Waals surface area contributed by atoms with Crippen molar-refractivity contribution >= 4 is 27.1 Å². The summed E-state index contributed by atoms with van der Waals surface area (Å²) in [4.78, 5) is 11.6. The molecule has 2 aromatic carbocycles. The molecule has 5 rings (SSSR count). The zero-order valence-corrected chi connectivity index (χ0v) is 22.3. The summed E-state index contributed by atoms with van der Waals surface area (Å²) in [5.41, 5.74) is 16.4. The second-order valence-corrected chi connectivity index (χ2v) is 11.7. The van der Waals surface area contributed by atoms with Gasteiger partial charge in [0.2, 0.25) is 0 Å². The SMILES string of the molecule is CS(=O)(=O)c1cccc(-c2ccc3c(n2)C(N)N(CC(F)(F)Cl)C(N)N3Cc2ccc(-n3cncn3)cc2)c1. The smallest absolute Gasteiger partial charge is 0.334 e. The van der Waals surface area contributed by atoms with Gasteiger partial charge in [-0.1, -0.05) is 24.3 Å². The molecule has 3 heterocycles. The van der Waals surface area contributed by atoms with Crippen molar-refractivity contribution in [2.24, 2.45) is 11.5 Å². The Kier molecular flexibility index (Phi) is 7.11. The number of alkyl halides is 3. The molecule has 0 aliphatic carbocycles. The molecule has 14 heteroatoms. The van der Waals surface area contributed by atoms with Crippen LogP contribution in [0, 0.1) is 0 Å². The summed E-state index contributed by atoms with van der Waals surface area (Å²) in [7, 11) is -3.45. The molecule has 0 bridgehead atoms. The molecule has 0 saturated heterocycles. The lowest BCUT2D eigenvalue weighted by Gasteiger charge is -2.47. The molecule has 1 aliphatic heterocycles. The Morgan fingerprint density at radius 1 is 1.08 bits per heavy atom. The first kappa shape index (κ1) is 27.1. The van der Waals surface area contributed by atoms with Crippen LogP contribution in [0.1, 0.15) is 17.4 Å². The summed E-state index contributed by atoms with van der Waals surface area (Å²) in [6.45, 7) is -0.652. The first-order valence-corrected chi connectivity index (χ1v) is 14.0. The van der Waals surface area contributed by atoms with E-state index >= 15 is 0 Å². The molecule has 2 unspecified atom stereocenters. The summed E-state index contributed by atoms with van der Waals surface area (Å²) in [5.74, 6) is 0. The number of anilines is 1. The van der Waals surface area contributed by atoms with Crippen LogP contribution >= 0.6 is 11.6 Å². The van der Waals surface area contributed by atoms with Crippen LogP contribution in [0.4, 0.5) is 14.5 Å². The lowest BCUT2D eigenvalue weighted by atomic mass is 10.1. The van der Waals surface area contributed by atoms with Crippen LogP contribution in [0.2, 0.25) is 0 Å². The van der Waals surface area contributed by atoms with Gasteiger partial charge in [-0.05, 0) is 53.6 Å². The Hall–Kier alpha value is -3.49. The van der Waals surface area contributed by atoms with Crippen LogP contribution < -0.4 is 16.4 Å². The van der Waals surface area contributed by atoms with E-state index in [0.717, 1.165) is 17.5 Å². The molecule has 10 nitrogen and oxygen atoms in total. The molecular formula is C25H25ClF2N8O2S. The number of hydrogen-bond donors (Lipinski definition) is 2. The maximum atomic E-state index is 14.0. The number of halogens is 3. The van der Waals surface area contributed by atoms with Gasteiger partial charge in [-0.15, -0.1) is 0 Å². The molecule has 0 spiro atoms. The van der Waals surface area contributed by atoms with E-state index in [9.17, 15) is 17.2 Å². The Morgan fingerprint density at radius 2 is 1.82 bits per heavy atom. The highest BCUT2D eigenvalue weighted by Crippen LogP contribution is 2.38. The van der Waals surface area contributed by atoms with E-state index in [1.165, 1.54) is 23.4 Å². The quantitative estimate of drug-likeness (QED) is 0.319. The minimum absolute atomic E-state index is 0.130. The molecular weight excluding hydrogens is 550 g/mol. The van der Waals surface area contributed by atoms with E-state index in [1.807, 2.05) is 24.3 Å². The Morgan fingerprint density at radius 3 is 2.46 bits per heavy atom. The normalized spacial score (nSPS) is 18.3. The van der Waals surface area contributed by atoms with E-state index in [0.29, 0.717) is 22.6 Å². The number of fused-ring (bicyclic) bond motifs is 1. The van der Waals surface area contributed by atoms with Gasteiger partial charge in [0.25, 0.3) is 0 Å². The van der Waals surface area contributed by atoms with Crippen LogP contribution in [0.5, 0.6) is 0 Å². The van der Waals surface area contributed by atoms with Gasteiger partial charge in [0.1, 0.15) is 25.1 Å².